The quantitative estimate of drug-likeness (QED) is 0.617. The van der Waals surface area contributed by atoms with Crippen LogP contribution >= 0.6 is 0 Å². The van der Waals surface area contributed by atoms with Crippen molar-refractivity contribution in [3.63, 3.8) is 0 Å². The summed E-state index contributed by atoms with van der Waals surface area (Å²) in [6.07, 6.45) is 4.21. The van der Waals surface area contributed by atoms with Crippen LogP contribution in [0.25, 0.3) is 0 Å². The second-order valence-electron chi connectivity index (χ2n) is 3.14. The normalized spacial score (nSPS) is 13.9. The van der Waals surface area contributed by atoms with Crippen molar-refractivity contribution in [1.29, 1.82) is 0 Å². The number of aliphatic hydroxyl groups is 1. The molecule has 68 valence electrons. The Morgan fingerprint density at radius 1 is 1.18 bits per heavy atom. The van der Waals surface area contributed by atoms with Gasteiger partial charge in [-0.1, -0.05) is 26.7 Å². The molecule has 11 heavy (non-hydrogen) atoms. The fourth-order valence-corrected chi connectivity index (χ4v) is 1.46. The van der Waals surface area contributed by atoms with Crippen LogP contribution in [0.15, 0.2) is 0 Å². The van der Waals surface area contributed by atoms with E-state index >= 15 is 0 Å². The van der Waals surface area contributed by atoms with E-state index in [1.54, 1.807) is 0 Å². The number of rotatable bonds is 6. The van der Waals surface area contributed by atoms with Crippen molar-refractivity contribution < 1.29 is 5.11 Å². The Kier molecular flexibility index (Phi) is 6.57. The second kappa shape index (κ2) is 6.62. The maximum absolute atomic E-state index is 9.45. The minimum atomic E-state index is -0.283. The van der Waals surface area contributed by atoms with Gasteiger partial charge in [-0.15, -0.1) is 0 Å². The summed E-state index contributed by atoms with van der Waals surface area (Å²) in [7, 11) is 0. The Morgan fingerprint density at radius 2 is 1.64 bits per heavy atom. The number of hydrogen-bond acceptors (Lipinski definition) is 2. The molecule has 3 N–H and O–H groups in total. The zero-order valence-electron chi connectivity index (χ0n) is 7.71. The first-order valence-electron chi connectivity index (χ1n) is 4.64. The lowest BCUT2D eigenvalue weighted by atomic mass is 9.92. The predicted molar refractivity (Wildman–Crippen MR) is 48.4 cm³/mol. The Labute approximate surface area is 69.8 Å². The molecule has 0 aliphatic rings. The van der Waals surface area contributed by atoms with Gasteiger partial charge in [0.25, 0.3) is 0 Å². The molecule has 0 heterocycles. The smallest absolute Gasteiger partial charge is 0.0690 e. The van der Waals surface area contributed by atoms with Gasteiger partial charge >= 0.3 is 0 Å². The summed E-state index contributed by atoms with van der Waals surface area (Å²) in [6, 6.07) is 0. The molecule has 0 aromatic heterocycles. The number of hydrogen-bond donors (Lipinski definition) is 2. The Hall–Kier alpha value is -0.0800. The van der Waals surface area contributed by atoms with Gasteiger partial charge in [-0.2, -0.15) is 0 Å². The van der Waals surface area contributed by atoms with E-state index < -0.39 is 0 Å². The van der Waals surface area contributed by atoms with Crippen molar-refractivity contribution in [2.75, 3.05) is 6.54 Å². The van der Waals surface area contributed by atoms with Crippen LogP contribution < -0.4 is 5.73 Å². The van der Waals surface area contributed by atoms with Gasteiger partial charge in [-0.25, -0.2) is 0 Å². The van der Waals surface area contributed by atoms with Crippen LogP contribution in [0, 0.1) is 5.92 Å². The molecule has 0 amide bonds. The summed E-state index contributed by atoms with van der Waals surface area (Å²) in [5, 5.41) is 9.45. The largest absolute Gasteiger partial charge is 0.392 e. The summed E-state index contributed by atoms with van der Waals surface area (Å²) in [6.45, 7) is 4.70. The Balaban J connectivity index is 3.66. The van der Waals surface area contributed by atoms with Gasteiger partial charge in [-0.05, 0) is 18.8 Å². The summed E-state index contributed by atoms with van der Waals surface area (Å²) >= 11 is 0. The molecule has 0 rings (SSSR count). The highest BCUT2D eigenvalue weighted by molar-refractivity contribution is 4.68. The molecule has 0 aliphatic heterocycles. The van der Waals surface area contributed by atoms with E-state index in [2.05, 4.69) is 13.8 Å². The fourth-order valence-electron chi connectivity index (χ4n) is 1.46. The molecular weight excluding hydrogens is 138 g/mol. The highest BCUT2D eigenvalue weighted by Gasteiger charge is 2.15. The highest BCUT2D eigenvalue weighted by atomic mass is 16.3. The van der Waals surface area contributed by atoms with Crippen molar-refractivity contribution in [2.24, 2.45) is 11.7 Å². The molecule has 0 aliphatic carbocycles. The predicted octanol–water partition coefficient (Wildman–Crippen LogP) is 1.52. The van der Waals surface area contributed by atoms with Crippen LogP contribution in [0.2, 0.25) is 0 Å². The van der Waals surface area contributed by atoms with Crippen LogP contribution in [0.5, 0.6) is 0 Å². The average Bonchev–Trinajstić information content (AvgIpc) is 2.03. The van der Waals surface area contributed by atoms with Gasteiger partial charge in [0.15, 0.2) is 0 Å². The first-order valence-corrected chi connectivity index (χ1v) is 4.64. The first-order chi connectivity index (χ1) is 5.26. The highest BCUT2D eigenvalue weighted by Crippen LogP contribution is 2.16. The minimum Gasteiger partial charge on any atom is -0.392 e. The Bertz CT molecular complexity index is 79.6. The van der Waals surface area contributed by atoms with Crippen molar-refractivity contribution in [3.8, 4) is 0 Å². The third-order valence-electron chi connectivity index (χ3n) is 2.10. The van der Waals surface area contributed by atoms with Crippen molar-refractivity contribution in [2.45, 2.75) is 45.6 Å². The van der Waals surface area contributed by atoms with Crippen molar-refractivity contribution in [3.05, 3.63) is 0 Å². The van der Waals surface area contributed by atoms with Gasteiger partial charge < -0.3 is 10.8 Å². The van der Waals surface area contributed by atoms with Crippen molar-refractivity contribution in [1.82, 2.24) is 0 Å². The van der Waals surface area contributed by atoms with Gasteiger partial charge in [0.05, 0.1) is 6.10 Å². The molecule has 0 unspecified atom stereocenters. The lowest BCUT2D eigenvalue weighted by molar-refractivity contribution is 0.104. The average molecular weight is 159 g/mol. The minimum absolute atomic E-state index is 0.283. The third kappa shape index (κ3) is 4.38. The lowest BCUT2D eigenvalue weighted by Gasteiger charge is -2.20. The first kappa shape index (κ1) is 10.9. The summed E-state index contributed by atoms with van der Waals surface area (Å²) in [5.74, 6) is 0.426. The standard InChI is InChI=1S/C9H21NO/c1-3-5-8(6-4-2)9(11)7-10/h8-9,11H,3-7,10H2,1-2H3/t9-/m0/s1. The van der Waals surface area contributed by atoms with Gasteiger partial charge in [0.1, 0.15) is 0 Å². The van der Waals surface area contributed by atoms with E-state index in [0.29, 0.717) is 12.5 Å². The second-order valence-corrected chi connectivity index (χ2v) is 3.14. The van der Waals surface area contributed by atoms with Crippen molar-refractivity contribution >= 4 is 0 Å². The van der Waals surface area contributed by atoms with Gasteiger partial charge in [0.2, 0.25) is 0 Å². The summed E-state index contributed by atoms with van der Waals surface area (Å²) in [5.41, 5.74) is 5.38. The summed E-state index contributed by atoms with van der Waals surface area (Å²) in [4.78, 5) is 0. The molecule has 2 nitrogen and oxygen atoms in total. The zero-order valence-corrected chi connectivity index (χ0v) is 7.71. The SMILES string of the molecule is CCCC(CCC)[C@@H](O)CN. The number of aliphatic hydroxyl groups excluding tert-OH is 1. The van der Waals surface area contributed by atoms with E-state index in [1.807, 2.05) is 0 Å². The van der Waals surface area contributed by atoms with Crippen LogP contribution in [0.4, 0.5) is 0 Å². The topological polar surface area (TPSA) is 46.2 Å². The molecule has 0 bridgehead atoms. The van der Waals surface area contributed by atoms with Gasteiger partial charge in [-0.3, -0.25) is 0 Å². The molecule has 0 aromatic carbocycles. The van der Waals surface area contributed by atoms with E-state index in [-0.39, 0.29) is 6.10 Å². The Morgan fingerprint density at radius 3 is 1.91 bits per heavy atom. The maximum atomic E-state index is 9.45. The van der Waals surface area contributed by atoms with E-state index in [0.717, 1.165) is 25.7 Å². The van der Waals surface area contributed by atoms with Crippen LogP contribution in [-0.2, 0) is 0 Å². The molecule has 0 fully saturated rings. The molecule has 2 heteroatoms. The number of nitrogens with two attached hydrogens (primary N) is 1. The molecule has 0 saturated carbocycles. The molecule has 0 aromatic rings. The van der Waals surface area contributed by atoms with E-state index in [4.69, 9.17) is 5.73 Å². The van der Waals surface area contributed by atoms with Crippen LogP contribution in [-0.4, -0.2) is 17.8 Å². The van der Waals surface area contributed by atoms with Gasteiger partial charge in [0, 0.05) is 6.54 Å². The van der Waals surface area contributed by atoms with Crippen LogP contribution in [0.3, 0.4) is 0 Å². The van der Waals surface area contributed by atoms with E-state index in [9.17, 15) is 5.11 Å². The van der Waals surface area contributed by atoms with E-state index in [1.165, 1.54) is 0 Å². The lowest BCUT2D eigenvalue weighted by Crippen LogP contribution is -2.28. The molecular formula is C9H21NO. The molecule has 0 saturated heterocycles. The van der Waals surface area contributed by atoms with Crippen LogP contribution in [0.1, 0.15) is 39.5 Å². The zero-order chi connectivity index (χ0) is 8.69. The monoisotopic (exact) mass is 159 g/mol. The molecule has 0 spiro atoms. The fraction of sp³-hybridized carbons (Fsp3) is 1.00. The molecule has 0 radical (unpaired) electrons. The summed E-state index contributed by atoms with van der Waals surface area (Å²) < 4.78 is 0. The third-order valence-corrected chi connectivity index (χ3v) is 2.10. The maximum Gasteiger partial charge on any atom is 0.0690 e. The molecule has 1 atom stereocenters.